The molecule has 1 N–H and O–H groups in total. The van der Waals surface area contributed by atoms with Gasteiger partial charge in [0.25, 0.3) is 0 Å². The van der Waals surface area contributed by atoms with Gasteiger partial charge in [-0.1, -0.05) is 19.3 Å². The number of rotatable bonds is 8. The van der Waals surface area contributed by atoms with Crippen LogP contribution >= 0.6 is 0 Å². The summed E-state index contributed by atoms with van der Waals surface area (Å²) in [5.41, 5.74) is 0. The van der Waals surface area contributed by atoms with Gasteiger partial charge in [-0.05, 0) is 31.2 Å². The lowest BCUT2D eigenvalue weighted by molar-refractivity contribution is -0.121. The van der Waals surface area contributed by atoms with Gasteiger partial charge in [0.05, 0.1) is 6.61 Å². The zero-order valence-electron chi connectivity index (χ0n) is 12.2. The first kappa shape index (κ1) is 14.8. The van der Waals surface area contributed by atoms with Crippen LogP contribution in [-0.4, -0.2) is 50.7 Å². The maximum Gasteiger partial charge on any atom is 0.220 e. The van der Waals surface area contributed by atoms with E-state index in [2.05, 4.69) is 10.2 Å². The maximum atomic E-state index is 11.8. The molecule has 1 saturated heterocycles. The summed E-state index contributed by atoms with van der Waals surface area (Å²) in [4.78, 5) is 14.2. The van der Waals surface area contributed by atoms with Crippen LogP contribution in [0.2, 0.25) is 0 Å². The molecule has 19 heavy (non-hydrogen) atoms. The molecular weight excluding hydrogens is 240 g/mol. The third kappa shape index (κ3) is 5.11. The molecule has 1 atom stereocenters. The summed E-state index contributed by atoms with van der Waals surface area (Å²) in [5.74, 6) is 1.72. The number of amides is 1. The van der Waals surface area contributed by atoms with Crippen molar-refractivity contribution >= 4 is 5.91 Å². The summed E-state index contributed by atoms with van der Waals surface area (Å²) in [7, 11) is 1.75. The Labute approximate surface area is 116 Å². The molecule has 1 unspecified atom stereocenters. The lowest BCUT2D eigenvalue weighted by Crippen LogP contribution is -2.32. The standard InChI is InChI=1S/C15H28N2O2/c1-19-10-9-17-8-7-14(12-17)11-16-15(18)6-5-13-3-2-4-13/h13-14H,2-12H2,1H3,(H,16,18). The number of nitrogens with one attached hydrogen (secondary N) is 1. The molecule has 4 heteroatoms. The first-order valence-electron chi connectivity index (χ1n) is 7.76. The Kier molecular flexibility index (Phi) is 6.11. The van der Waals surface area contributed by atoms with Gasteiger partial charge in [-0.25, -0.2) is 0 Å². The quantitative estimate of drug-likeness (QED) is 0.728. The van der Waals surface area contributed by atoms with Crippen molar-refractivity contribution in [2.45, 2.75) is 38.5 Å². The van der Waals surface area contributed by atoms with Crippen molar-refractivity contribution in [3.8, 4) is 0 Å². The fourth-order valence-electron chi connectivity index (χ4n) is 2.97. The summed E-state index contributed by atoms with van der Waals surface area (Å²) in [6.45, 7) is 4.92. The van der Waals surface area contributed by atoms with Crippen molar-refractivity contribution < 1.29 is 9.53 Å². The highest BCUT2D eigenvalue weighted by Crippen LogP contribution is 2.30. The lowest BCUT2D eigenvalue weighted by atomic mass is 9.82. The minimum absolute atomic E-state index is 0.252. The summed E-state index contributed by atoms with van der Waals surface area (Å²) in [6, 6.07) is 0. The van der Waals surface area contributed by atoms with E-state index in [1.165, 1.54) is 25.7 Å². The first-order valence-corrected chi connectivity index (χ1v) is 7.76. The molecule has 1 saturated carbocycles. The van der Waals surface area contributed by atoms with Gasteiger partial charge < -0.3 is 15.0 Å². The summed E-state index contributed by atoms with van der Waals surface area (Å²) in [5, 5.41) is 3.11. The number of carbonyl (C=O) groups is 1. The van der Waals surface area contributed by atoms with E-state index in [-0.39, 0.29) is 5.91 Å². The van der Waals surface area contributed by atoms with Gasteiger partial charge in [0, 0.05) is 33.2 Å². The van der Waals surface area contributed by atoms with Crippen LogP contribution in [0.1, 0.15) is 38.5 Å². The topological polar surface area (TPSA) is 41.6 Å². The van der Waals surface area contributed by atoms with Crippen molar-refractivity contribution in [3.63, 3.8) is 0 Å². The molecule has 0 aromatic heterocycles. The third-order valence-electron chi connectivity index (χ3n) is 4.57. The zero-order valence-corrected chi connectivity index (χ0v) is 12.2. The Hall–Kier alpha value is -0.610. The molecule has 1 aliphatic carbocycles. The van der Waals surface area contributed by atoms with Crippen molar-refractivity contribution in [1.29, 1.82) is 0 Å². The fraction of sp³-hybridized carbons (Fsp3) is 0.933. The Morgan fingerprint density at radius 2 is 2.16 bits per heavy atom. The van der Waals surface area contributed by atoms with Crippen LogP contribution in [0.5, 0.6) is 0 Å². The van der Waals surface area contributed by atoms with E-state index in [9.17, 15) is 4.79 Å². The number of methoxy groups -OCH3 is 1. The normalized spacial score (nSPS) is 24.4. The number of likely N-dealkylation sites (tertiary alicyclic amines) is 1. The smallest absolute Gasteiger partial charge is 0.220 e. The van der Waals surface area contributed by atoms with Crippen LogP contribution in [-0.2, 0) is 9.53 Å². The first-order chi connectivity index (χ1) is 9.28. The second-order valence-corrected chi connectivity index (χ2v) is 6.09. The minimum Gasteiger partial charge on any atom is -0.383 e. The highest BCUT2D eigenvalue weighted by atomic mass is 16.5. The SMILES string of the molecule is COCCN1CCC(CNC(=O)CCC2CCC2)C1. The Bertz CT molecular complexity index is 279. The molecule has 0 bridgehead atoms. The third-order valence-corrected chi connectivity index (χ3v) is 4.57. The monoisotopic (exact) mass is 268 g/mol. The van der Waals surface area contributed by atoms with Gasteiger partial charge in [0.1, 0.15) is 0 Å². The summed E-state index contributed by atoms with van der Waals surface area (Å²) in [6.07, 6.45) is 7.06. The Balaban J connectivity index is 1.51. The lowest BCUT2D eigenvalue weighted by Gasteiger charge is -2.24. The molecular formula is C15H28N2O2. The molecule has 1 amide bonds. The van der Waals surface area contributed by atoms with Gasteiger partial charge in [-0.3, -0.25) is 4.79 Å². The predicted octanol–water partition coefficient (Wildman–Crippen LogP) is 1.65. The summed E-state index contributed by atoms with van der Waals surface area (Å²) >= 11 is 0. The molecule has 0 aromatic rings. The van der Waals surface area contributed by atoms with Gasteiger partial charge in [-0.2, -0.15) is 0 Å². The van der Waals surface area contributed by atoms with E-state index in [1.54, 1.807) is 7.11 Å². The van der Waals surface area contributed by atoms with Crippen LogP contribution < -0.4 is 5.32 Å². The van der Waals surface area contributed by atoms with E-state index in [0.29, 0.717) is 5.92 Å². The van der Waals surface area contributed by atoms with Crippen LogP contribution in [0.15, 0.2) is 0 Å². The van der Waals surface area contributed by atoms with E-state index < -0.39 is 0 Å². The van der Waals surface area contributed by atoms with Gasteiger partial charge >= 0.3 is 0 Å². The van der Waals surface area contributed by atoms with E-state index in [1.807, 2.05) is 0 Å². The number of carbonyl (C=O) groups excluding carboxylic acids is 1. The van der Waals surface area contributed by atoms with Crippen LogP contribution in [0.25, 0.3) is 0 Å². The van der Waals surface area contributed by atoms with Crippen molar-refractivity contribution in [2.24, 2.45) is 11.8 Å². The highest BCUT2D eigenvalue weighted by molar-refractivity contribution is 5.75. The summed E-state index contributed by atoms with van der Waals surface area (Å²) < 4.78 is 5.10. The molecule has 1 aliphatic heterocycles. The van der Waals surface area contributed by atoms with E-state index in [4.69, 9.17) is 4.74 Å². The molecule has 1 heterocycles. The van der Waals surface area contributed by atoms with E-state index >= 15 is 0 Å². The number of ether oxygens (including phenoxy) is 1. The number of nitrogens with zero attached hydrogens (tertiary/aromatic N) is 1. The second kappa shape index (κ2) is 7.85. The van der Waals surface area contributed by atoms with Crippen LogP contribution in [0.3, 0.4) is 0 Å². The molecule has 4 nitrogen and oxygen atoms in total. The van der Waals surface area contributed by atoms with Gasteiger partial charge in [0.15, 0.2) is 0 Å². The molecule has 2 fully saturated rings. The van der Waals surface area contributed by atoms with E-state index in [0.717, 1.165) is 51.5 Å². The van der Waals surface area contributed by atoms with Gasteiger partial charge in [0.2, 0.25) is 5.91 Å². The van der Waals surface area contributed by atoms with Crippen molar-refractivity contribution in [2.75, 3.05) is 39.9 Å². The molecule has 2 aliphatic rings. The van der Waals surface area contributed by atoms with Crippen LogP contribution in [0.4, 0.5) is 0 Å². The minimum atomic E-state index is 0.252. The predicted molar refractivity (Wildman–Crippen MR) is 76.0 cm³/mol. The van der Waals surface area contributed by atoms with Crippen molar-refractivity contribution in [1.82, 2.24) is 10.2 Å². The fourth-order valence-corrected chi connectivity index (χ4v) is 2.97. The number of hydrogen-bond acceptors (Lipinski definition) is 3. The average molecular weight is 268 g/mol. The average Bonchev–Trinajstić information content (AvgIpc) is 2.80. The molecule has 110 valence electrons. The molecule has 0 spiro atoms. The van der Waals surface area contributed by atoms with Crippen LogP contribution in [0, 0.1) is 11.8 Å². The highest BCUT2D eigenvalue weighted by Gasteiger charge is 2.23. The molecule has 0 aromatic carbocycles. The Morgan fingerprint density at radius 3 is 2.84 bits per heavy atom. The Morgan fingerprint density at radius 1 is 1.32 bits per heavy atom. The van der Waals surface area contributed by atoms with Crippen molar-refractivity contribution in [3.05, 3.63) is 0 Å². The van der Waals surface area contributed by atoms with Gasteiger partial charge in [-0.15, -0.1) is 0 Å². The second-order valence-electron chi connectivity index (χ2n) is 6.09. The molecule has 0 radical (unpaired) electrons. The largest absolute Gasteiger partial charge is 0.383 e. The zero-order chi connectivity index (χ0) is 13.5. The number of hydrogen-bond donors (Lipinski definition) is 1. The molecule has 2 rings (SSSR count). The maximum absolute atomic E-state index is 11.8.